The van der Waals surface area contributed by atoms with Gasteiger partial charge in [-0.05, 0) is 6.42 Å². The average molecular weight is 295 g/mol. The number of carbonyl (C=O) groups excluding carboxylic acids is 2. The van der Waals surface area contributed by atoms with E-state index in [-0.39, 0.29) is 11.7 Å². The number of rotatable bonds is 3. The second kappa shape index (κ2) is 6.85. The Morgan fingerprint density at radius 3 is 2.52 bits per heavy atom. The van der Waals surface area contributed by atoms with E-state index in [1.54, 1.807) is 0 Å². The van der Waals surface area contributed by atoms with E-state index in [1.807, 2.05) is 4.90 Å². The molecular formula is C15H25N3O3. The van der Waals surface area contributed by atoms with Gasteiger partial charge in [-0.2, -0.15) is 0 Å². The highest BCUT2D eigenvalue weighted by molar-refractivity contribution is 5.84. The normalized spacial score (nSPS) is 29.0. The molecule has 3 fully saturated rings. The van der Waals surface area contributed by atoms with Crippen molar-refractivity contribution in [3.8, 4) is 0 Å². The Morgan fingerprint density at radius 2 is 1.81 bits per heavy atom. The highest BCUT2D eigenvalue weighted by atomic mass is 16.5. The number of morpholine rings is 1. The number of carbonyl (C=O) groups is 2. The molecule has 3 aliphatic rings. The summed E-state index contributed by atoms with van der Waals surface area (Å²) in [6.45, 7) is 7.40. The van der Waals surface area contributed by atoms with Gasteiger partial charge >= 0.3 is 0 Å². The summed E-state index contributed by atoms with van der Waals surface area (Å²) in [5.41, 5.74) is 0. The van der Waals surface area contributed by atoms with Gasteiger partial charge in [0.25, 0.3) is 0 Å². The largest absolute Gasteiger partial charge is 0.379 e. The average Bonchev–Trinajstić information content (AvgIpc) is 2.97. The van der Waals surface area contributed by atoms with Crippen molar-refractivity contribution in [2.45, 2.75) is 25.3 Å². The molecular weight excluding hydrogens is 270 g/mol. The molecule has 0 bridgehead atoms. The van der Waals surface area contributed by atoms with Crippen molar-refractivity contribution in [2.75, 3.05) is 59.0 Å². The van der Waals surface area contributed by atoms with Gasteiger partial charge in [0.15, 0.2) is 0 Å². The van der Waals surface area contributed by atoms with Gasteiger partial charge in [0.2, 0.25) is 5.91 Å². The van der Waals surface area contributed by atoms with E-state index in [2.05, 4.69) is 9.80 Å². The van der Waals surface area contributed by atoms with E-state index < -0.39 is 0 Å². The molecule has 1 atom stereocenters. The van der Waals surface area contributed by atoms with Gasteiger partial charge in [-0.25, -0.2) is 0 Å². The van der Waals surface area contributed by atoms with Gasteiger partial charge in [-0.3, -0.25) is 19.4 Å². The van der Waals surface area contributed by atoms with Crippen LogP contribution >= 0.6 is 0 Å². The molecule has 1 amide bonds. The van der Waals surface area contributed by atoms with E-state index in [0.717, 1.165) is 45.8 Å². The van der Waals surface area contributed by atoms with Gasteiger partial charge in [0.05, 0.1) is 19.8 Å². The third-order valence-electron chi connectivity index (χ3n) is 4.84. The zero-order valence-electron chi connectivity index (χ0n) is 12.6. The minimum atomic E-state index is 0.185. The van der Waals surface area contributed by atoms with Crippen LogP contribution in [0.4, 0.5) is 0 Å². The van der Waals surface area contributed by atoms with E-state index in [4.69, 9.17) is 4.74 Å². The highest BCUT2D eigenvalue weighted by Crippen LogP contribution is 2.17. The predicted octanol–water partition coefficient (Wildman–Crippen LogP) is -0.416. The van der Waals surface area contributed by atoms with Crippen LogP contribution in [0.2, 0.25) is 0 Å². The lowest BCUT2D eigenvalue weighted by molar-refractivity contribution is -0.135. The summed E-state index contributed by atoms with van der Waals surface area (Å²) in [6.07, 6.45) is 2.20. The van der Waals surface area contributed by atoms with Gasteiger partial charge in [0.1, 0.15) is 5.78 Å². The quantitative estimate of drug-likeness (QED) is 0.708. The molecule has 0 aromatic carbocycles. The Balaban J connectivity index is 1.43. The van der Waals surface area contributed by atoms with Crippen molar-refractivity contribution in [1.29, 1.82) is 0 Å². The summed E-state index contributed by atoms with van der Waals surface area (Å²) in [7, 11) is 0. The van der Waals surface area contributed by atoms with Crippen LogP contribution in [-0.2, 0) is 14.3 Å². The summed E-state index contributed by atoms with van der Waals surface area (Å²) < 4.78 is 5.40. The predicted molar refractivity (Wildman–Crippen MR) is 78.1 cm³/mol. The second-order valence-corrected chi connectivity index (χ2v) is 6.25. The Morgan fingerprint density at radius 1 is 1.10 bits per heavy atom. The number of ketones is 1. The van der Waals surface area contributed by atoms with Crippen molar-refractivity contribution in [3.63, 3.8) is 0 Å². The third-order valence-corrected chi connectivity index (χ3v) is 4.84. The summed E-state index contributed by atoms with van der Waals surface area (Å²) in [5.74, 6) is 0.470. The maximum Gasteiger partial charge on any atom is 0.236 e. The fourth-order valence-electron chi connectivity index (χ4n) is 3.49. The van der Waals surface area contributed by atoms with Crippen molar-refractivity contribution in [1.82, 2.24) is 14.7 Å². The van der Waals surface area contributed by atoms with Crippen LogP contribution in [0.3, 0.4) is 0 Å². The van der Waals surface area contributed by atoms with E-state index in [1.165, 1.54) is 0 Å². The standard InChI is InChI=1S/C15H25N3O3/c19-14-2-5-18(6-3-14)15(20)12-16-4-1-13(11-16)17-7-9-21-10-8-17/h13H,1-12H2. The molecule has 3 rings (SSSR count). The Labute approximate surface area is 126 Å². The van der Waals surface area contributed by atoms with Crippen LogP contribution in [0.1, 0.15) is 19.3 Å². The minimum absolute atomic E-state index is 0.185. The van der Waals surface area contributed by atoms with Crippen LogP contribution in [0.25, 0.3) is 0 Å². The van der Waals surface area contributed by atoms with Gasteiger partial charge in [0, 0.05) is 58.2 Å². The number of Topliss-reactive ketones (excluding diaryl/α,β-unsaturated/α-hetero) is 1. The minimum Gasteiger partial charge on any atom is -0.379 e. The van der Waals surface area contributed by atoms with Gasteiger partial charge < -0.3 is 9.64 Å². The molecule has 0 aromatic rings. The molecule has 1 unspecified atom stereocenters. The SMILES string of the molecule is O=C1CCN(C(=O)CN2CCC(N3CCOCC3)C2)CC1. The van der Waals surface area contributed by atoms with E-state index in [9.17, 15) is 9.59 Å². The number of nitrogens with zero attached hydrogens (tertiary/aromatic N) is 3. The zero-order valence-corrected chi connectivity index (χ0v) is 12.6. The first-order valence-electron chi connectivity index (χ1n) is 8.06. The first kappa shape index (κ1) is 14.9. The number of ether oxygens (including phenoxy) is 1. The fraction of sp³-hybridized carbons (Fsp3) is 0.867. The second-order valence-electron chi connectivity index (χ2n) is 6.25. The smallest absolute Gasteiger partial charge is 0.236 e. The van der Waals surface area contributed by atoms with E-state index in [0.29, 0.717) is 38.5 Å². The van der Waals surface area contributed by atoms with Crippen LogP contribution in [0.15, 0.2) is 0 Å². The molecule has 6 heteroatoms. The molecule has 0 N–H and O–H groups in total. The lowest BCUT2D eigenvalue weighted by Gasteiger charge is -2.32. The maximum atomic E-state index is 12.3. The van der Waals surface area contributed by atoms with Crippen LogP contribution < -0.4 is 0 Å². The number of piperidine rings is 1. The fourth-order valence-corrected chi connectivity index (χ4v) is 3.49. The van der Waals surface area contributed by atoms with Crippen molar-refractivity contribution in [2.24, 2.45) is 0 Å². The number of likely N-dealkylation sites (tertiary alicyclic amines) is 2. The molecule has 21 heavy (non-hydrogen) atoms. The van der Waals surface area contributed by atoms with Crippen LogP contribution in [0.5, 0.6) is 0 Å². The van der Waals surface area contributed by atoms with E-state index >= 15 is 0 Å². The molecule has 0 saturated carbocycles. The molecule has 3 saturated heterocycles. The lowest BCUT2D eigenvalue weighted by Crippen LogP contribution is -2.46. The molecule has 118 valence electrons. The summed E-state index contributed by atoms with van der Waals surface area (Å²) in [6, 6.07) is 0.574. The van der Waals surface area contributed by atoms with Crippen LogP contribution in [-0.4, -0.2) is 91.5 Å². The first-order chi connectivity index (χ1) is 10.2. The molecule has 3 aliphatic heterocycles. The third kappa shape index (κ3) is 3.81. The molecule has 0 aliphatic carbocycles. The zero-order chi connectivity index (χ0) is 14.7. The van der Waals surface area contributed by atoms with Crippen LogP contribution in [0, 0.1) is 0 Å². The lowest BCUT2D eigenvalue weighted by atomic mass is 10.1. The summed E-state index contributed by atoms with van der Waals surface area (Å²) in [5, 5.41) is 0. The molecule has 6 nitrogen and oxygen atoms in total. The topological polar surface area (TPSA) is 53.1 Å². The number of hydrogen-bond donors (Lipinski definition) is 0. The monoisotopic (exact) mass is 295 g/mol. The highest BCUT2D eigenvalue weighted by Gasteiger charge is 2.31. The summed E-state index contributed by atoms with van der Waals surface area (Å²) >= 11 is 0. The Hall–Kier alpha value is -0.980. The molecule has 0 spiro atoms. The molecule has 0 radical (unpaired) electrons. The first-order valence-corrected chi connectivity index (χ1v) is 8.06. The Bertz CT molecular complexity index is 386. The molecule has 3 heterocycles. The van der Waals surface area contributed by atoms with Gasteiger partial charge in [-0.15, -0.1) is 0 Å². The number of hydrogen-bond acceptors (Lipinski definition) is 5. The Kier molecular flexibility index (Phi) is 4.87. The molecule has 0 aromatic heterocycles. The number of amides is 1. The summed E-state index contributed by atoms with van der Waals surface area (Å²) in [4.78, 5) is 30.1. The van der Waals surface area contributed by atoms with Crippen molar-refractivity contribution in [3.05, 3.63) is 0 Å². The van der Waals surface area contributed by atoms with Crippen molar-refractivity contribution < 1.29 is 14.3 Å². The van der Waals surface area contributed by atoms with Gasteiger partial charge in [-0.1, -0.05) is 0 Å². The van der Waals surface area contributed by atoms with Crippen molar-refractivity contribution >= 4 is 11.7 Å². The maximum absolute atomic E-state index is 12.3.